The summed E-state index contributed by atoms with van der Waals surface area (Å²) in [6.07, 6.45) is 3.19. The number of hydrogen-bond donors (Lipinski definition) is 3. The Morgan fingerprint density at radius 2 is 1.81 bits per heavy atom. The number of aromatic nitrogens is 1. The van der Waals surface area contributed by atoms with Gasteiger partial charge in [-0.1, -0.05) is 48.6 Å². The molecule has 3 aromatic rings. The van der Waals surface area contributed by atoms with Gasteiger partial charge in [0.15, 0.2) is 0 Å². The average molecular weight is 433 g/mol. The van der Waals surface area contributed by atoms with Crippen molar-refractivity contribution in [2.45, 2.75) is 43.8 Å². The fourth-order valence-corrected chi connectivity index (χ4v) is 4.05. The van der Waals surface area contributed by atoms with Crippen molar-refractivity contribution in [3.8, 4) is 0 Å². The van der Waals surface area contributed by atoms with Gasteiger partial charge in [-0.2, -0.15) is 0 Å². The van der Waals surface area contributed by atoms with E-state index in [-0.39, 0.29) is 6.42 Å². The van der Waals surface area contributed by atoms with Crippen LogP contribution in [0.5, 0.6) is 0 Å². The number of benzene rings is 2. The second-order valence-electron chi connectivity index (χ2n) is 8.36. The number of hydrogen-bond acceptors (Lipinski definition) is 5. The predicted octanol–water partition coefficient (Wildman–Crippen LogP) is 4.48. The lowest BCUT2D eigenvalue weighted by atomic mass is 10.00. The molecule has 0 amide bonds. The molecule has 0 bridgehead atoms. The summed E-state index contributed by atoms with van der Waals surface area (Å²) in [5.41, 5.74) is 4.94. The molecule has 0 spiro atoms. The van der Waals surface area contributed by atoms with Crippen LogP contribution in [0.4, 0.5) is 11.4 Å². The first-order valence-electron chi connectivity index (χ1n) is 10.9. The van der Waals surface area contributed by atoms with Crippen molar-refractivity contribution in [2.24, 2.45) is 0 Å². The highest BCUT2D eigenvalue weighted by molar-refractivity contribution is 5.99. The lowest BCUT2D eigenvalue weighted by Crippen LogP contribution is -2.19. The van der Waals surface area contributed by atoms with E-state index in [4.69, 9.17) is 10.1 Å². The first-order valence-corrected chi connectivity index (χ1v) is 10.9. The van der Waals surface area contributed by atoms with E-state index in [1.165, 1.54) is 0 Å². The summed E-state index contributed by atoms with van der Waals surface area (Å²) in [4.78, 5) is 17.9. The van der Waals surface area contributed by atoms with E-state index in [1.54, 1.807) is 6.08 Å². The molecule has 6 nitrogen and oxygen atoms in total. The Bertz CT molecular complexity index is 1130. The van der Waals surface area contributed by atoms with E-state index in [9.17, 15) is 15.0 Å². The molecule has 1 heterocycles. The Balaban J connectivity index is 1.78. The van der Waals surface area contributed by atoms with E-state index >= 15 is 0 Å². The fraction of sp³-hybridized carbons (Fsp3) is 0.308. The molecule has 6 heteroatoms. The Kier molecular flexibility index (Phi) is 6.53. The van der Waals surface area contributed by atoms with Gasteiger partial charge in [0.25, 0.3) is 0 Å². The van der Waals surface area contributed by atoms with Crippen molar-refractivity contribution < 1.29 is 20.1 Å². The smallest absolute Gasteiger partial charge is 0.305 e. The Labute approximate surface area is 187 Å². The Morgan fingerprint density at radius 1 is 1.12 bits per heavy atom. The third-order valence-electron chi connectivity index (χ3n) is 5.78. The van der Waals surface area contributed by atoms with Crippen molar-refractivity contribution in [1.29, 1.82) is 0 Å². The summed E-state index contributed by atoms with van der Waals surface area (Å²) < 4.78 is 0. The van der Waals surface area contributed by atoms with E-state index in [1.807, 2.05) is 49.5 Å². The lowest BCUT2D eigenvalue weighted by Gasteiger charge is -2.25. The van der Waals surface area contributed by atoms with E-state index in [2.05, 4.69) is 23.1 Å². The topological polar surface area (TPSA) is 93.9 Å². The minimum atomic E-state index is -1.10. The molecule has 0 saturated heterocycles. The number of fused-ring (bicyclic) bond motifs is 1. The van der Waals surface area contributed by atoms with Crippen LogP contribution in [0.25, 0.3) is 17.0 Å². The molecule has 0 aliphatic heterocycles. The van der Waals surface area contributed by atoms with Gasteiger partial charge in [0.1, 0.15) is 0 Å². The molecule has 0 unspecified atom stereocenters. The van der Waals surface area contributed by atoms with Gasteiger partial charge in [0, 0.05) is 36.0 Å². The van der Waals surface area contributed by atoms with Gasteiger partial charge in [0.05, 0.1) is 35.5 Å². The molecule has 2 atom stereocenters. The number of aliphatic carboxylic acids is 1. The second kappa shape index (κ2) is 9.51. The summed E-state index contributed by atoms with van der Waals surface area (Å²) in [6, 6.07) is 18.1. The number of carbonyl (C=O) groups is 1. The fourth-order valence-electron chi connectivity index (χ4n) is 4.05. The van der Waals surface area contributed by atoms with E-state index in [0.29, 0.717) is 5.92 Å². The average Bonchev–Trinajstić information content (AvgIpc) is 3.61. The number of anilines is 2. The standard InChI is InChI=1S/C26H28N2O4/c1-28(18-7-3-2-4-8-18)26-21-9-5-6-10-23(21)27-25(17-11-12-17)22(26)14-13-19(29)15-20(30)16-24(31)32/h2-10,13-14,17,19-20,29-30H,11-12,15-16H2,1H3,(H,31,32)/b14-13+/t19-,20-/m1/s1. The third-order valence-corrected chi connectivity index (χ3v) is 5.78. The van der Waals surface area contributed by atoms with Gasteiger partial charge in [-0.25, -0.2) is 0 Å². The maximum atomic E-state index is 10.8. The number of carboxylic acids is 1. The largest absolute Gasteiger partial charge is 0.481 e. The molecule has 1 aromatic heterocycles. The minimum absolute atomic E-state index is 0.0353. The summed E-state index contributed by atoms with van der Waals surface area (Å²) in [7, 11) is 2.03. The Hall–Kier alpha value is -3.22. The van der Waals surface area contributed by atoms with Gasteiger partial charge in [-0.05, 0) is 31.0 Å². The van der Waals surface area contributed by atoms with Crippen LogP contribution in [-0.2, 0) is 4.79 Å². The van der Waals surface area contributed by atoms with Crippen LogP contribution in [0.2, 0.25) is 0 Å². The van der Waals surface area contributed by atoms with Crippen molar-refractivity contribution >= 4 is 34.3 Å². The number of pyridine rings is 1. The lowest BCUT2D eigenvalue weighted by molar-refractivity contribution is -0.139. The molecule has 0 radical (unpaired) electrons. The number of carboxylic acid groups (broad SMARTS) is 1. The molecule has 2 aromatic carbocycles. The van der Waals surface area contributed by atoms with Gasteiger partial charge in [-0.3, -0.25) is 9.78 Å². The second-order valence-corrected chi connectivity index (χ2v) is 8.36. The molecule has 1 aliphatic carbocycles. The summed E-state index contributed by atoms with van der Waals surface area (Å²) >= 11 is 0. The highest BCUT2D eigenvalue weighted by Gasteiger charge is 2.30. The highest BCUT2D eigenvalue weighted by atomic mass is 16.4. The SMILES string of the molecule is CN(c1ccccc1)c1c(/C=C/[C@@H](O)C[C@@H](O)CC(=O)O)c(C2CC2)nc2ccccc12. The van der Waals surface area contributed by atoms with Crippen LogP contribution in [0.15, 0.2) is 60.7 Å². The molecular formula is C26H28N2O4. The molecule has 32 heavy (non-hydrogen) atoms. The number of aliphatic hydroxyl groups is 2. The van der Waals surface area contributed by atoms with Crippen LogP contribution in [0, 0.1) is 0 Å². The van der Waals surface area contributed by atoms with Gasteiger partial charge in [-0.15, -0.1) is 0 Å². The maximum absolute atomic E-state index is 10.8. The van der Waals surface area contributed by atoms with Crippen molar-refractivity contribution in [3.05, 3.63) is 71.9 Å². The maximum Gasteiger partial charge on any atom is 0.305 e. The third kappa shape index (κ3) is 4.98. The van der Waals surface area contributed by atoms with Crippen molar-refractivity contribution in [1.82, 2.24) is 4.98 Å². The predicted molar refractivity (Wildman–Crippen MR) is 126 cm³/mol. The zero-order valence-electron chi connectivity index (χ0n) is 18.1. The molecular weight excluding hydrogens is 404 g/mol. The number of para-hydroxylation sites is 2. The zero-order valence-corrected chi connectivity index (χ0v) is 18.1. The van der Waals surface area contributed by atoms with E-state index < -0.39 is 24.6 Å². The van der Waals surface area contributed by atoms with Crippen molar-refractivity contribution in [2.75, 3.05) is 11.9 Å². The quantitative estimate of drug-likeness (QED) is 0.462. The Morgan fingerprint density at radius 3 is 2.50 bits per heavy atom. The number of rotatable bonds is 9. The normalized spacial score (nSPS) is 15.7. The van der Waals surface area contributed by atoms with Crippen molar-refractivity contribution in [3.63, 3.8) is 0 Å². The summed E-state index contributed by atoms with van der Waals surface area (Å²) in [6.45, 7) is 0. The molecule has 3 N–H and O–H groups in total. The van der Waals surface area contributed by atoms with Crippen LogP contribution in [0.1, 0.15) is 42.9 Å². The van der Waals surface area contributed by atoms with Crippen LogP contribution >= 0.6 is 0 Å². The molecule has 4 rings (SSSR count). The molecule has 1 aliphatic rings. The van der Waals surface area contributed by atoms with E-state index in [0.717, 1.165) is 46.4 Å². The highest BCUT2D eigenvalue weighted by Crippen LogP contribution is 2.46. The van der Waals surface area contributed by atoms with Crippen LogP contribution < -0.4 is 4.90 Å². The molecule has 166 valence electrons. The first-order chi connectivity index (χ1) is 15.4. The molecule has 1 saturated carbocycles. The van der Waals surface area contributed by atoms with Gasteiger partial charge < -0.3 is 20.2 Å². The number of nitrogens with zero attached hydrogens (tertiary/aromatic N) is 2. The monoisotopic (exact) mass is 432 g/mol. The zero-order chi connectivity index (χ0) is 22.7. The van der Waals surface area contributed by atoms with Gasteiger partial charge >= 0.3 is 5.97 Å². The first kappa shape index (κ1) is 22.0. The summed E-state index contributed by atoms with van der Waals surface area (Å²) in [5.74, 6) is -0.702. The van der Waals surface area contributed by atoms with Crippen LogP contribution in [0.3, 0.4) is 0 Å². The minimum Gasteiger partial charge on any atom is -0.481 e. The van der Waals surface area contributed by atoms with Gasteiger partial charge in [0.2, 0.25) is 0 Å². The van der Waals surface area contributed by atoms with Crippen LogP contribution in [-0.4, -0.2) is 45.5 Å². The molecule has 1 fully saturated rings. The number of aliphatic hydroxyl groups excluding tert-OH is 2. The summed E-state index contributed by atoms with van der Waals surface area (Å²) in [5, 5.41) is 30.2.